The number of hydrogen-bond acceptors (Lipinski definition) is 11. The Labute approximate surface area is 185 Å². The van der Waals surface area contributed by atoms with Crippen LogP contribution in [0.5, 0.6) is 0 Å². The van der Waals surface area contributed by atoms with Crippen molar-refractivity contribution < 1.29 is 52.7 Å². The highest BCUT2D eigenvalue weighted by Crippen LogP contribution is 2.48. The van der Waals surface area contributed by atoms with E-state index in [0.717, 1.165) is 21.3 Å². The lowest BCUT2D eigenvalue weighted by atomic mass is 9.71. The van der Waals surface area contributed by atoms with E-state index in [4.69, 9.17) is 28.4 Å². The summed E-state index contributed by atoms with van der Waals surface area (Å²) in [5.41, 5.74) is -1.59. The zero-order valence-corrected chi connectivity index (χ0v) is 19.0. The predicted octanol–water partition coefficient (Wildman–Crippen LogP) is -0.0143. The van der Waals surface area contributed by atoms with E-state index >= 15 is 0 Å². The molecule has 4 unspecified atom stereocenters. The molecule has 2 aliphatic heterocycles. The number of aliphatic hydroxyl groups excluding tert-OH is 1. The molecule has 7 atom stereocenters. The summed E-state index contributed by atoms with van der Waals surface area (Å²) in [5.74, 6) is -11.1. The van der Waals surface area contributed by atoms with Gasteiger partial charge >= 0.3 is 23.9 Å². The van der Waals surface area contributed by atoms with Crippen LogP contribution in [-0.4, -0.2) is 81.5 Å². The van der Waals surface area contributed by atoms with Crippen LogP contribution in [0.25, 0.3) is 0 Å². The fourth-order valence-corrected chi connectivity index (χ4v) is 4.42. The van der Waals surface area contributed by atoms with Gasteiger partial charge in [0.1, 0.15) is 17.6 Å². The average Bonchev–Trinajstić information content (AvgIpc) is 3.16. The van der Waals surface area contributed by atoms with Crippen LogP contribution >= 0.6 is 0 Å². The highest BCUT2D eigenvalue weighted by molar-refractivity contribution is 5.88. The Morgan fingerprint density at radius 1 is 0.938 bits per heavy atom. The van der Waals surface area contributed by atoms with Gasteiger partial charge in [0.05, 0.1) is 45.7 Å². The molecule has 2 heterocycles. The molecule has 0 amide bonds. The third-order valence-electron chi connectivity index (χ3n) is 6.09. The first-order valence-corrected chi connectivity index (χ1v) is 10.1. The second-order valence-corrected chi connectivity index (χ2v) is 7.76. The molecule has 0 spiro atoms. The molecule has 0 aromatic heterocycles. The zero-order chi connectivity index (χ0) is 24.3. The van der Waals surface area contributed by atoms with E-state index in [1.54, 1.807) is 6.92 Å². The van der Waals surface area contributed by atoms with Gasteiger partial charge in [0.2, 0.25) is 5.79 Å². The van der Waals surface area contributed by atoms with Crippen LogP contribution in [0.2, 0.25) is 0 Å². The fraction of sp³-hybridized carbons (Fsp3) is 0.714. The van der Waals surface area contributed by atoms with Crippen LogP contribution < -0.4 is 0 Å². The maximum absolute atomic E-state index is 12.9. The van der Waals surface area contributed by atoms with Crippen LogP contribution in [0, 0.1) is 23.7 Å². The van der Waals surface area contributed by atoms with Crippen LogP contribution in [0.1, 0.15) is 20.3 Å². The number of methoxy groups -OCH3 is 4. The lowest BCUT2D eigenvalue weighted by Gasteiger charge is -2.38. The normalized spacial score (nSPS) is 36.3. The maximum Gasteiger partial charge on any atom is 0.314 e. The van der Waals surface area contributed by atoms with Gasteiger partial charge in [0.15, 0.2) is 0 Å². The van der Waals surface area contributed by atoms with E-state index in [9.17, 15) is 24.3 Å². The molecule has 2 bridgehead atoms. The second-order valence-electron chi connectivity index (χ2n) is 7.76. The Morgan fingerprint density at radius 3 is 2.00 bits per heavy atom. The van der Waals surface area contributed by atoms with Gasteiger partial charge in [-0.05, 0) is 32.4 Å². The van der Waals surface area contributed by atoms with Gasteiger partial charge in [-0.2, -0.15) is 0 Å². The van der Waals surface area contributed by atoms with E-state index in [2.05, 4.69) is 0 Å². The minimum Gasteiger partial charge on any atom is -0.469 e. The minimum absolute atomic E-state index is 0.0346. The van der Waals surface area contributed by atoms with Crippen LogP contribution in [0.3, 0.4) is 0 Å². The number of ether oxygens (including phenoxy) is 6. The highest BCUT2D eigenvalue weighted by atomic mass is 16.7. The highest BCUT2D eigenvalue weighted by Gasteiger charge is 2.62. The van der Waals surface area contributed by atoms with E-state index < -0.39 is 65.0 Å². The second kappa shape index (κ2) is 9.97. The van der Waals surface area contributed by atoms with Crippen LogP contribution in [-0.2, 0) is 47.6 Å². The number of esters is 4. The monoisotopic (exact) mass is 458 g/mol. The molecule has 0 radical (unpaired) electrons. The first-order valence-electron chi connectivity index (χ1n) is 10.1. The zero-order valence-electron chi connectivity index (χ0n) is 19.0. The van der Waals surface area contributed by atoms with Crippen molar-refractivity contribution in [3.05, 3.63) is 12.2 Å². The number of hydrogen-bond donors (Lipinski definition) is 1. The van der Waals surface area contributed by atoms with Crippen molar-refractivity contribution in [3.63, 3.8) is 0 Å². The van der Waals surface area contributed by atoms with Gasteiger partial charge in [-0.3, -0.25) is 19.2 Å². The number of fused-ring (bicyclic) bond motifs is 2. The quantitative estimate of drug-likeness (QED) is 0.326. The molecule has 1 N–H and O–H groups in total. The number of aliphatic hydroxyl groups is 1. The molecule has 0 saturated carbocycles. The summed E-state index contributed by atoms with van der Waals surface area (Å²) < 4.78 is 31.4. The van der Waals surface area contributed by atoms with Crippen molar-refractivity contribution in [2.45, 2.75) is 37.8 Å². The molecule has 11 nitrogen and oxygen atoms in total. The summed E-state index contributed by atoms with van der Waals surface area (Å²) in [5, 5.41) is 11.3. The molecular formula is C21H30O11. The van der Waals surface area contributed by atoms with Gasteiger partial charge in [-0.1, -0.05) is 0 Å². The molecule has 0 aromatic rings. The summed E-state index contributed by atoms with van der Waals surface area (Å²) in [6.45, 7) is 3.10. The maximum atomic E-state index is 12.9. The first-order chi connectivity index (χ1) is 15.1. The number of carbonyl (C=O) groups is 4. The standard InChI is InChI=1S/C21H30O11/c1-7-31-17(24)12-10-11(16(23)27-3)13(18(25)28-4)14(19(26)29-5)15(22)20(2)8-9-21(12,30-6)32-20/h8-9,11-15,22H,7,10H2,1-6H3/t11?,12-,13?,14?,15?,20+,21-/m1/s1. The Balaban J connectivity index is 2.81. The lowest BCUT2D eigenvalue weighted by Crippen LogP contribution is -2.53. The van der Waals surface area contributed by atoms with Crippen LogP contribution in [0.15, 0.2) is 12.2 Å². The van der Waals surface area contributed by atoms with Crippen molar-refractivity contribution in [3.8, 4) is 0 Å². The van der Waals surface area contributed by atoms with Crippen molar-refractivity contribution >= 4 is 23.9 Å². The molecule has 2 rings (SSSR count). The number of rotatable bonds is 6. The van der Waals surface area contributed by atoms with E-state index in [1.807, 2.05) is 0 Å². The van der Waals surface area contributed by atoms with E-state index in [1.165, 1.54) is 26.2 Å². The average molecular weight is 458 g/mol. The summed E-state index contributed by atoms with van der Waals surface area (Å²) in [4.78, 5) is 51.4. The van der Waals surface area contributed by atoms with Crippen LogP contribution in [0.4, 0.5) is 0 Å². The Kier molecular flexibility index (Phi) is 8.02. The van der Waals surface area contributed by atoms with Gasteiger partial charge in [-0.15, -0.1) is 0 Å². The summed E-state index contributed by atoms with van der Waals surface area (Å²) in [7, 11) is 4.54. The summed E-state index contributed by atoms with van der Waals surface area (Å²) >= 11 is 0. The van der Waals surface area contributed by atoms with E-state index in [0.29, 0.717) is 0 Å². The molecule has 32 heavy (non-hydrogen) atoms. The van der Waals surface area contributed by atoms with Crippen molar-refractivity contribution in [1.29, 1.82) is 0 Å². The largest absolute Gasteiger partial charge is 0.469 e. The summed E-state index contributed by atoms with van der Waals surface area (Å²) in [6, 6.07) is 0. The smallest absolute Gasteiger partial charge is 0.314 e. The Morgan fingerprint density at radius 2 is 1.50 bits per heavy atom. The molecular weight excluding hydrogens is 428 g/mol. The van der Waals surface area contributed by atoms with Gasteiger partial charge in [0, 0.05) is 7.11 Å². The third kappa shape index (κ3) is 4.37. The van der Waals surface area contributed by atoms with Gasteiger partial charge in [-0.25, -0.2) is 0 Å². The SMILES string of the molecule is CCOC(=O)[C@H]1CC(C(=O)OC)C(C(=O)OC)C(C(=O)OC)C(O)[C@]2(C)C=C[C@@]1(OC)O2. The molecule has 11 heteroatoms. The van der Waals surface area contributed by atoms with Crippen molar-refractivity contribution in [2.75, 3.05) is 35.0 Å². The van der Waals surface area contributed by atoms with Crippen molar-refractivity contribution in [2.24, 2.45) is 23.7 Å². The molecule has 0 aliphatic carbocycles. The van der Waals surface area contributed by atoms with Gasteiger partial charge in [0.25, 0.3) is 0 Å². The fourth-order valence-electron chi connectivity index (χ4n) is 4.42. The molecule has 1 saturated heterocycles. The minimum atomic E-state index is -1.74. The molecule has 1 fully saturated rings. The molecule has 2 aliphatic rings. The summed E-state index contributed by atoms with van der Waals surface area (Å²) in [6.07, 6.45) is 0.829. The first kappa shape index (κ1) is 25.8. The lowest BCUT2D eigenvalue weighted by molar-refractivity contribution is -0.267. The molecule has 180 valence electrons. The number of carbonyl (C=O) groups excluding carboxylic acids is 4. The Hall–Kier alpha value is -2.50. The molecule has 0 aromatic carbocycles. The van der Waals surface area contributed by atoms with E-state index in [-0.39, 0.29) is 13.0 Å². The topological polar surface area (TPSA) is 144 Å². The Bertz CT molecular complexity index is 778. The van der Waals surface area contributed by atoms with Crippen molar-refractivity contribution in [1.82, 2.24) is 0 Å². The predicted molar refractivity (Wildman–Crippen MR) is 106 cm³/mol. The van der Waals surface area contributed by atoms with Gasteiger partial charge < -0.3 is 33.5 Å². The third-order valence-corrected chi connectivity index (χ3v) is 6.09.